The molecule has 0 radical (unpaired) electrons. The Morgan fingerprint density at radius 1 is 1.53 bits per heavy atom. The first-order valence-corrected chi connectivity index (χ1v) is 6.27. The van der Waals surface area contributed by atoms with Crippen LogP contribution in [-0.4, -0.2) is 28.6 Å². The molecule has 1 saturated heterocycles. The first kappa shape index (κ1) is 13.5. The molecule has 0 amide bonds. The smallest absolute Gasteiger partial charge is 0.320 e. The second kappa shape index (κ2) is 5.81. The van der Waals surface area contributed by atoms with Gasteiger partial charge >= 0.3 is 5.97 Å². The Morgan fingerprint density at radius 3 is 3.00 bits per heavy atom. The molecule has 0 spiro atoms. The molecule has 0 aromatic heterocycles. The maximum atomic E-state index is 13.2. The van der Waals surface area contributed by atoms with Crippen molar-refractivity contribution in [2.45, 2.75) is 31.8 Å². The molecule has 1 unspecified atom stereocenters. The molecular formula is C14H15FN2O2. The number of carboxylic acids is 1. The highest BCUT2D eigenvalue weighted by Crippen LogP contribution is 2.21. The summed E-state index contributed by atoms with van der Waals surface area (Å²) in [4.78, 5) is 13.0. The van der Waals surface area contributed by atoms with E-state index < -0.39 is 17.8 Å². The maximum Gasteiger partial charge on any atom is 0.320 e. The van der Waals surface area contributed by atoms with Gasteiger partial charge in [0.25, 0.3) is 0 Å². The highest BCUT2D eigenvalue weighted by molar-refractivity contribution is 5.73. The summed E-state index contributed by atoms with van der Waals surface area (Å²) in [7, 11) is 0. The number of piperidine rings is 1. The van der Waals surface area contributed by atoms with E-state index in [1.165, 1.54) is 18.2 Å². The molecule has 1 aromatic carbocycles. The van der Waals surface area contributed by atoms with Crippen molar-refractivity contribution in [2.24, 2.45) is 0 Å². The minimum atomic E-state index is -0.852. The van der Waals surface area contributed by atoms with Gasteiger partial charge in [0.2, 0.25) is 0 Å². The van der Waals surface area contributed by atoms with Gasteiger partial charge < -0.3 is 5.11 Å². The Labute approximate surface area is 111 Å². The summed E-state index contributed by atoms with van der Waals surface area (Å²) in [6.45, 7) is 0.968. The van der Waals surface area contributed by atoms with Crippen LogP contribution in [0, 0.1) is 17.1 Å². The normalized spacial score (nSPS) is 19.9. The predicted molar refractivity (Wildman–Crippen MR) is 66.8 cm³/mol. The van der Waals surface area contributed by atoms with Gasteiger partial charge in [-0.3, -0.25) is 9.69 Å². The van der Waals surface area contributed by atoms with Crippen molar-refractivity contribution in [3.05, 3.63) is 35.1 Å². The summed E-state index contributed by atoms with van der Waals surface area (Å²) in [6.07, 6.45) is 2.43. The van der Waals surface area contributed by atoms with Gasteiger partial charge in [-0.1, -0.05) is 6.42 Å². The number of hydrogen-bond donors (Lipinski definition) is 1. The van der Waals surface area contributed by atoms with Crippen LogP contribution < -0.4 is 0 Å². The zero-order valence-electron chi connectivity index (χ0n) is 10.5. The Kier molecular flexibility index (Phi) is 4.13. The SMILES string of the molecule is N#Cc1ccc(F)cc1CN1CCCCC1C(=O)O. The number of halogens is 1. The molecule has 1 aromatic rings. The number of rotatable bonds is 3. The fourth-order valence-electron chi connectivity index (χ4n) is 2.48. The first-order chi connectivity index (χ1) is 9.11. The quantitative estimate of drug-likeness (QED) is 0.906. The molecule has 0 bridgehead atoms. The van der Waals surface area contributed by atoms with Gasteiger partial charge in [-0.25, -0.2) is 4.39 Å². The van der Waals surface area contributed by atoms with E-state index in [1.54, 1.807) is 4.90 Å². The van der Waals surface area contributed by atoms with Gasteiger partial charge in [0.15, 0.2) is 0 Å². The Hall–Kier alpha value is -1.93. The highest BCUT2D eigenvalue weighted by atomic mass is 19.1. The highest BCUT2D eigenvalue weighted by Gasteiger charge is 2.28. The molecule has 2 rings (SSSR count). The standard InChI is InChI=1S/C14H15FN2O2/c15-12-5-4-10(8-16)11(7-12)9-17-6-2-1-3-13(17)14(18)19/h4-5,7,13H,1-3,6,9H2,(H,18,19). The summed E-state index contributed by atoms with van der Waals surface area (Å²) in [5.41, 5.74) is 0.951. The van der Waals surface area contributed by atoms with Crippen LogP contribution in [0.5, 0.6) is 0 Å². The lowest BCUT2D eigenvalue weighted by molar-refractivity contribution is -0.144. The fraction of sp³-hybridized carbons (Fsp3) is 0.429. The average Bonchev–Trinajstić information content (AvgIpc) is 2.39. The van der Waals surface area contributed by atoms with Gasteiger partial charge in [-0.05, 0) is 43.1 Å². The Morgan fingerprint density at radius 2 is 2.32 bits per heavy atom. The molecular weight excluding hydrogens is 247 g/mol. The molecule has 1 N–H and O–H groups in total. The van der Waals surface area contributed by atoms with E-state index in [1.807, 2.05) is 6.07 Å². The van der Waals surface area contributed by atoms with Gasteiger partial charge in [0, 0.05) is 6.54 Å². The second-order valence-corrected chi connectivity index (χ2v) is 4.73. The topological polar surface area (TPSA) is 64.3 Å². The summed E-state index contributed by atoms with van der Waals surface area (Å²) < 4.78 is 13.2. The molecule has 4 nitrogen and oxygen atoms in total. The van der Waals surface area contributed by atoms with Crippen LogP contribution >= 0.6 is 0 Å². The largest absolute Gasteiger partial charge is 0.480 e. The van der Waals surface area contributed by atoms with E-state index in [-0.39, 0.29) is 0 Å². The minimum absolute atomic E-state index is 0.303. The molecule has 1 fully saturated rings. The number of carbonyl (C=O) groups is 1. The van der Waals surface area contributed by atoms with Crippen molar-refractivity contribution in [1.82, 2.24) is 4.90 Å². The van der Waals surface area contributed by atoms with Crippen molar-refractivity contribution in [3.63, 3.8) is 0 Å². The van der Waals surface area contributed by atoms with E-state index in [0.29, 0.717) is 30.6 Å². The van der Waals surface area contributed by atoms with Gasteiger partial charge in [0.1, 0.15) is 11.9 Å². The number of aliphatic carboxylic acids is 1. The van der Waals surface area contributed by atoms with Crippen molar-refractivity contribution in [3.8, 4) is 6.07 Å². The molecule has 1 atom stereocenters. The third kappa shape index (κ3) is 3.09. The van der Waals surface area contributed by atoms with Crippen LogP contribution in [0.25, 0.3) is 0 Å². The van der Waals surface area contributed by atoms with Crippen molar-refractivity contribution in [1.29, 1.82) is 5.26 Å². The molecule has 1 heterocycles. The number of likely N-dealkylation sites (tertiary alicyclic amines) is 1. The maximum absolute atomic E-state index is 13.2. The van der Waals surface area contributed by atoms with Crippen LogP contribution in [0.2, 0.25) is 0 Å². The second-order valence-electron chi connectivity index (χ2n) is 4.73. The molecule has 1 aliphatic heterocycles. The third-order valence-corrected chi connectivity index (χ3v) is 3.46. The number of nitrogens with zero attached hydrogens (tertiary/aromatic N) is 2. The van der Waals surface area contributed by atoms with Crippen LogP contribution in [0.1, 0.15) is 30.4 Å². The van der Waals surface area contributed by atoms with Crippen LogP contribution in [-0.2, 0) is 11.3 Å². The zero-order valence-corrected chi connectivity index (χ0v) is 10.5. The number of nitriles is 1. The lowest BCUT2D eigenvalue weighted by atomic mass is 10.00. The summed E-state index contributed by atoms with van der Waals surface area (Å²) >= 11 is 0. The third-order valence-electron chi connectivity index (χ3n) is 3.46. The molecule has 100 valence electrons. The van der Waals surface area contributed by atoms with Gasteiger partial charge in [-0.2, -0.15) is 5.26 Å². The Balaban J connectivity index is 2.22. The monoisotopic (exact) mass is 262 g/mol. The number of benzene rings is 1. The minimum Gasteiger partial charge on any atom is -0.480 e. The molecule has 19 heavy (non-hydrogen) atoms. The van der Waals surface area contributed by atoms with Crippen molar-refractivity contribution < 1.29 is 14.3 Å². The van der Waals surface area contributed by atoms with Crippen LogP contribution in [0.4, 0.5) is 4.39 Å². The first-order valence-electron chi connectivity index (χ1n) is 6.27. The molecule has 0 saturated carbocycles. The number of hydrogen-bond acceptors (Lipinski definition) is 3. The molecule has 5 heteroatoms. The molecule has 0 aliphatic carbocycles. The lowest BCUT2D eigenvalue weighted by Crippen LogP contribution is -2.44. The van der Waals surface area contributed by atoms with Gasteiger partial charge in [-0.15, -0.1) is 0 Å². The zero-order chi connectivity index (χ0) is 13.8. The number of carboxylic acid groups (broad SMARTS) is 1. The van der Waals surface area contributed by atoms with E-state index in [2.05, 4.69) is 0 Å². The van der Waals surface area contributed by atoms with E-state index in [4.69, 9.17) is 5.26 Å². The predicted octanol–water partition coefficient (Wildman–Crippen LogP) is 2.14. The molecule has 1 aliphatic rings. The Bertz CT molecular complexity index is 525. The van der Waals surface area contributed by atoms with Crippen LogP contribution in [0.3, 0.4) is 0 Å². The van der Waals surface area contributed by atoms with E-state index in [0.717, 1.165) is 12.8 Å². The average molecular weight is 262 g/mol. The van der Waals surface area contributed by atoms with E-state index in [9.17, 15) is 14.3 Å². The van der Waals surface area contributed by atoms with Crippen LogP contribution in [0.15, 0.2) is 18.2 Å². The van der Waals surface area contributed by atoms with Gasteiger partial charge in [0.05, 0.1) is 11.6 Å². The summed E-state index contributed by atoms with van der Waals surface area (Å²) in [5, 5.41) is 18.2. The van der Waals surface area contributed by atoms with E-state index >= 15 is 0 Å². The van der Waals surface area contributed by atoms with Crippen molar-refractivity contribution in [2.75, 3.05) is 6.54 Å². The fourth-order valence-corrected chi connectivity index (χ4v) is 2.48. The summed E-state index contributed by atoms with van der Waals surface area (Å²) in [5.74, 6) is -1.26. The lowest BCUT2D eigenvalue weighted by Gasteiger charge is -2.33. The van der Waals surface area contributed by atoms with Crippen molar-refractivity contribution >= 4 is 5.97 Å². The summed E-state index contributed by atoms with van der Waals surface area (Å²) in [6, 6.07) is 5.47.